The number of para-hydroxylation sites is 1. The van der Waals surface area contributed by atoms with E-state index in [4.69, 9.17) is 9.47 Å². The van der Waals surface area contributed by atoms with E-state index in [1.165, 1.54) is 12.0 Å². The minimum absolute atomic E-state index is 0.177. The van der Waals surface area contributed by atoms with Crippen LogP contribution in [0.2, 0.25) is 0 Å². The van der Waals surface area contributed by atoms with Gasteiger partial charge in [0.2, 0.25) is 0 Å². The summed E-state index contributed by atoms with van der Waals surface area (Å²) in [6.45, 7) is 1.96. The van der Waals surface area contributed by atoms with Gasteiger partial charge in [0.1, 0.15) is 0 Å². The summed E-state index contributed by atoms with van der Waals surface area (Å²) in [6, 6.07) is 10.4. The Morgan fingerprint density at radius 3 is 2.19 bits per heavy atom. The van der Waals surface area contributed by atoms with Gasteiger partial charge in [-0.2, -0.15) is 0 Å². The summed E-state index contributed by atoms with van der Waals surface area (Å²) in [6.07, 6.45) is 0.654. The summed E-state index contributed by atoms with van der Waals surface area (Å²) in [4.78, 5) is 26.7. The summed E-state index contributed by atoms with van der Waals surface area (Å²) < 4.78 is 10.6. The van der Waals surface area contributed by atoms with E-state index >= 15 is 0 Å². The second-order valence-electron chi connectivity index (χ2n) is 5.92. The lowest BCUT2D eigenvalue weighted by Gasteiger charge is -2.17. The predicted molar refractivity (Wildman–Crippen MR) is 101 cm³/mol. The minimum Gasteiger partial charge on any atom is -0.493 e. The molecule has 0 aliphatic rings. The van der Waals surface area contributed by atoms with E-state index in [-0.39, 0.29) is 11.8 Å². The topological polar surface area (TPSA) is 67.9 Å². The highest BCUT2D eigenvalue weighted by Gasteiger charge is 2.19. The van der Waals surface area contributed by atoms with E-state index in [0.717, 1.165) is 5.56 Å². The van der Waals surface area contributed by atoms with Gasteiger partial charge in [0, 0.05) is 19.7 Å². The van der Waals surface area contributed by atoms with Gasteiger partial charge < -0.3 is 19.7 Å². The van der Waals surface area contributed by atoms with Crippen molar-refractivity contribution in [3.05, 3.63) is 53.1 Å². The van der Waals surface area contributed by atoms with Gasteiger partial charge in [-0.1, -0.05) is 19.1 Å². The van der Waals surface area contributed by atoms with E-state index in [2.05, 4.69) is 5.32 Å². The number of anilines is 1. The minimum atomic E-state index is -0.304. The summed E-state index contributed by atoms with van der Waals surface area (Å²) >= 11 is 0. The van der Waals surface area contributed by atoms with Crippen LogP contribution in [0.3, 0.4) is 0 Å². The molecule has 26 heavy (non-hydrogen) atoms. The number of rotatable bonds is 6. The van der Waals surface area contributed by atoms with Crippen LogP contribution in [0.1, 0.15) is 33.2 Å². The first-order valence-electron chi connectivity index (χ1n) is 8.29. The van der Waals surface area contributed by atoms with Crippen LogP contribution in [0.5, 0.6) is 11.5 Å². The van der Waals surface area contributed by atoms with Crippen molar-refractivity contribution < 1.29 is 19.1 Å². The Hall–Kier alpha value is -3.02. The van der Waals surface area contributed by atoms with E-state index in [1.54, 1.807) is 57.6 Å². The highest BCUT2D eigenvalue weighted by Crippen LogP contribution is 2.31. The second kappa shape index (κ2) is 8.38. The summed E-state index contributed by atoms with van der Waals surface area (Å²) in [5.74, 6) is 0.572. The number of ether oxygens (including phenoxy) is 2. The lowest BCUT2D eigenvalue weighted by atomic mass is 10.0. The van der Waals surface area contributed by atoms with Crippen LogP contribution in [-0.2, 0) is 6.42 Å². The molecule has 1 N–H and O–H groups in total. The normalized spacial score (nSPS) is 10.2. The molecule has 2 aromatic rings. The summed E-state index contributed by atoms with van der Waals surface area (Å²) in [5, 5.41) is 2.84. The van der Waals surface area contributed by atoms with Gasteiger partial charge >= 0.3 is 0 Å². The van der Waals surface area contributed by atoms with Crippen molar-refractivity contribution in [2.24, 2.45) is 0 Å². The van der Waals surface area contributed by atoms with Crippen molar-refractivity contribution in [2.45, 2.75) is 13.3 Å². The third kappa shape index (κ3) is 3.96. The molecule has 0 saturated heterocycles. The fourth-order valence-electron chi connectivity index (χ4n) is 2.63. The Bertz CT molecular complexity index is 815. The molecule has 0 radical (unpaired) electrons. The van der Waals surface area contributed by atoms with Gasteiger partial charge in [-0.3, -0.25) is 9.59 Å². The maximum absolute atomic E-state index is 12.9. The quantitative estimate of drug-likeness (QED) is 0.863. The molecule has 6 nitrogen and oxygen atoms in total. The van der Waals surface area contributed by atoms with Crippen LogP contribution < -0.4 is 14.8 Å². The number of carbonyl (C=O) groups excluding carboxylic acids is 2. The van der Waals surface area contributed by atoms with Crippen LogP contribution >= 0.6 is 0 Å². The Morgan fingerprint density at radius 1 is 1.00 bits per heavy atom. The summed E-state index contributed by atoms with van der Waals surface area (Å²) in [7, 11) is 6.42. The van der Waals surface area contributed by atoms with Crippen molar-refractivity contribution >= 4 is 17.5 Å². The van der Waals surface area contributed by atoms with Gasteiger partial charge in [-0.05, 0) is 36.2 Å². The Labute approximate surface area is 153 Å². The Balaban J connectivity index is 2.41. The fourth-order valence-corrected chi connectivity index (χ4v) is 2.63. The maximum Gasteiger partial charge on any atom is 0.256 e. The molecule has 0 heterocycles. The number of nitrogens with one attached hydrogen (secondary N) is 1. The number of aryl methyl sites for hydroxylation is 1. The van der Waals surface area contributed by atoms with Gasteiger partial charge in [0.25, 0.3) is 11.8 Å². The van der Waals surface area contributed by atoms with Gasteiger partial charge in [-0.15, -0.1) is 0 Å². The number of carbonyl (C=O) groups is 2. The standard InChI is InChI=1S/C20H24N2O4/c1-6-13-11-17(25-4)18(26-5)12-15(13)19(23)21-16-10-8-7-9-14(16)20(24)22(2)3/h7-12H,6H2,1-5H3,(H,21,23). The molecule has 2 rings (SSSR count). The van der Waals surface area contributed by atoms with Crippen molar-refractivity contribution in [3.63, 3.8) is 0 Å². The average Bonchev–Trinajstić information content (AvgIpc) is 2.66. The number of nitrogens with zero attached hydrogens (tertiary/aromatic N) is 1. The van der Waals surface area contributed by atoms with Gasteiger partial charge in [-0.25, -0.2) is 0 Å². The van der Waals surface area contributed by atoms with E-state index in [0.29, 0.717) is 34.7 Å². The lowest BCUT2D eigenvalue weighted by Crippen LogP contribution is -2.24. The first kappa shape index (κ1) is 19.3. The fraction of sp³-hybridized carbons (Fsp3) is 0.300. The highest BCUT2D eigenvalue weighted by molar-refractivity contribution is 6.09. The molecule has 0 unspecified atom stereocenters. The first-order valence-corrected chi connectivity index (χ1v) is 8.29. The number of benzene rings is 2. The van der Waals surface area contributed by atoms with Crippen LogP contribution in [0.15, 0.2) is 36.4 Å². The zero-order valence-electron chi connectivity index (χ0n) is 15.8. The second-order valence-corrected chi connectivity index (χ2v) is 5.92. The molecule has 2 aromatic carbocycles. The van der Waals surface area contributed by atoms with Crippen LogP contribution in [0.25, 0.3) is 0 Å². The molecule has 0 aliphatic carbocycles. The number of hydrogen-bond acceptors (Lipinski definition) is 4. The van der Waals surface area contributed by atoms with Gasteiger partial charge in [0.15, 0.2) is 11.5 Å². The molecule has 138 valence electrons. The Kier molecular flexibility index (Phi) is 6.22. The summed E-state index contributed by atoms with van der Waals surface area (Å²) in [5.41, 5.74) is 2.21. The Morgan fingerprint density at radius 2 is 1.62 bits per heavy atom. The van der Waals surface area contributed by atoms with Crippen LogP contribution in [0, 0.1) is 0 Å². The molecule has 0 saturated carbocycles. The molecule has 0 aromatic heterocycles. The van der Waals surface area contributed by atoms with E-state index in [9.17, 15) is 9.59 Å². The van der Waals surface area contributed by atoms with Crippen molar-refractivity contribution in [1.29, 1.82) is 0 Å². The number of hydrogen-bond donors (Lipinski definition) is 1. The average molecular weight is 356 g/mol. The smallest absolute Gasteiger partial charge is 0.256 e. The zero-order valence-corrected chi connectivity index (χ0v) is 15.8. The molecular weight excluding hydrogens is 332 g/mol. The molecule has 0 fully saturated rings. The molecule has 0 spiro atoms. The SMILES string of the molecule is CCc1cc(OC)c(OC)cc1C(=O)Nc1ccccc1C(=O)N(C)C. The highest BCUT2D eigenvalue weighted by atomic mass is 16.5. The van der Waals surface area contributed by atoms with E-state index in [1.807, 2.05) is 6.92 Å². The van der Waals surface area contributed by atoms with Crippen molar-refractivity contribution in [2.75, 3.05) is 33.6 Å². The third-order valence-electron chi connectivity index (χ3n) is 4.05. The van der Waals surface area contributed by atoms with Crippen LogP contribution in [-0.4, -0.2) is 45.0 Å². The number of methoxy groups -OCH3 is 2. The first-order chi connectivity index (χ1) is 12.4. The lowest BCUT2D eigenvalue weighted by molar-refractivity contribution is 0.0828. The monoisotopic (exact) mass is 356 g/mol. The van der Waals surface area contributed by atoms with E-state index < -0.39 is 0 Å². The molecule has 0 atom stereocenters. The largest absolute Gasteiger partial charge is 0.493 e. The van der Waals surface area contributed by atoms with Crippen molar-refractivity contribution in [1.82, 2.24) is 4.90 Å². The predicted octanol–water partition coefficient (Wildman–Crippen LogP) is 3.22. The van der Waals surface area contributed by atoms with Crippen molar-refractivity contribution in [3.8, 4) is 11.5 Å². The maximum atomic E-state index is 12.9. The molecule has 2 amide bonds. The zero-order chi connectivity index (χ0) is 19.3. The number of amides is 2. The molecule has 6 heteroatoms. The van der Waals surface area contributed by atoms with Gasteiger partial charge in [0.05, 0.1) is 25.5 Å². The molecular formula is C20H24N2O4. The molecule has 0 bridgehead atoms. The molecule has 0 aliphatic heterocycles. The van der Waals surface area contributed by atoms with Crippen LogP contribution in [0.4, 0.5) is 5.69 Å². The third-order valence-corrected chi connectivity index (χ3v) is 4.05.